The summed E-state index contributed by atoms with van der Waals surface area (Å²) in [5, 5.41) is 3.35. The van der Waals surface area contributed by atoms with Gasteiger partial charge < -0.3 is 15.0 Å². The average Bonchev–Trinajstić information content (AvgIpc) is 2.61. The second kappa shape index (κ2) is 11.8. The van der Waals surface area contributed by atoms with Gasteiger partial charge in [-0.2, -0.15) is 4.31 Å². The molecule has 9 heteroatoms. The van der Waals surface area contributed by atoms with Gasteiger partial charge in [-0.15, -0.1) is 24.0 Å². The van der Waals surface area contributed by atoms with Gasteiger partial charge in [-0.25, -0.2) is 8.42 Å². The van der Waals surface area contributed by atoms with E-state index in [4.69, 9.17) is 4.74 Å². The number of hydrogen-bond donors (Lipinski definition) is 1. The third-order valence-electron chi connectivity index (χ3n) is 5.24. The monoisotopic (exact) mass is 516 g/mol. The molecule has 2 rings (SSSR count). The van der Waals surface area contributed by atoms with Crippen LogP contribution in [0.4, 0.5) is 0 Å². The second-order valence-corrected chi connectivity index (χ2v) is 9.74. The van der Waals surface area contributed by atoms with E-state index in [1.54, 1.807) is 0 Å². The first-order valence-corrected chi connectivity index (χ1v) is 11.6. The molecule has 7 nitrogen and oxygen atoms in total. The summed E-state index contributed by atoms with van der Waals surface area (Å²) >= 11 is 0. The zero-order valence-electron chi connectivity index (χ0n) is 17.1. The van der Waals surface area contributed by atoms with Crippen molar-refractivity contribution >= 4 is 40.0 Å². The van der Waals surface area contributed by atoms with E-state index in [2.05, 4.69) is 36.0 Å². The molecule has 0 spiro atoms. The molecule has 0 bridgehead atoms. The highest BCUT2D eigenvalue weighted by Gasteiger charge is 2.31. The van der Waals surface area contributed by atoms with E-state index >= 15 is 0 Å². The molecule has 0 saturated carbocycles. The van der Waals surface area contributed by atoms with Crippen LogP contribution in [0.15, 0.2) is 4.99 Å². The van der Waals surface area contributed by atoms with Crippen LogP contribution in [0.2, 0.25) is 0 Å². The molecule has 0 aromatic heterocycles. The van der Waals surface area contributed by atoms with Crippen molar-refractivity contribution in [3.63, 3.8) is 0 Å². The zero-order chi connectivity index (χ0) is 19.0. The van der Waals surface area contributed by atoms with Gasteiger partial charge in [0.2, 0.25) is 10.0 Å². The topological polar surface area (TPSA) is 74.2 Å². The fourth-order valence-electron chi connectivity index (χ4n) is 3.95. The molecule has 1 N–H and O–H groups in total. The fraction of sp³-hybridized carbons (Fsp3) is 0.944. The molecule has 2 aliphatic rings. The molecular weight excluding hydrogens is 479 g/mol. The molecule has 0 radical (unpaired) electrons. The number of hydrogen-bond acceptors (Lipinski definition) is 4. The lowest BCUT2D eigenvalue weighted by Gasteiger charge is -2.42. The Hall–Kier alpha value is -0.130. The lowest BCUT2D eigenvalue weighted by molar-refractivity contribution is 0.0731. The molecule has 2 saturated heterocycles. The van der Waals surface area contributed by atoms with Crippen molar-refractivity contribution < 1.29 is 13.2 Å². The molecule has 2 fully saturated rings. The third kappa shape index (κ3) is 7.66. The normalized spacial score (nSPS) is 25.1. The summed E-state index contributed by atoms with van der Waals surface area (Å²) in [5.41, 5.74) is 0.322. The van der Waals surface area contributed by atoms with E-state index in [1.165, 1.54) is 23.6 Å². The van der Waals surface area contributed by atoms with Crippen LogP contribution in [-0.4, -0.2) is 81.8 Å². The van der Waals surface area contributed by atoms with Gasteiger partial charge in [0, 0.05) is 32.7 Å². The zero-order valence-corrected chi connectivity index (χ0v) is 20.2. The summed E-state index contributed by atoms with van der Waals surface area (Å²) < 4.78 is 31.7. The number of rotatable bonds is 7. The van der Waals surface area contributed by atoms with Crippen molar-refractivity contribution in [2.75, 3.05) is 58.2 Å². The summed E-state index contributed by atoms with van der Waals surface area (Å²) in [6, 6.07) is 0. The molecule has 0 aromatic rings. The number of likely N-dealkylation sites (tertiary alicyclic amines) is 1. The lowest BCUT2D eigenvalue weighted by atomic mass is 9.78. The van der Waals surface area contributed by atoms with Crippen LogP contribution in [-0.2, 0) is 14.8 Å². The minimum Gasteiger partial charge on any atom is -0.379 e. The number of morpholine rings is 1. The number of aliphatic imine (C=N–C) groups is 1. The van der Waals surface area contributed by atoms with E-state index < -0.39 is 10.0 Å². The Labute approximate surface area is 182 Å². The van der Waals surface area contributed by atoms with Crippen molar-refractivity contribution in [1.82, 2.24) is 14.5 Å². The summed E-state index contributed by atoms with van der Waals surface area (Å²) in [6.07, 6.45) is 4.82. The molecule has 0 aromatic carbocycles. The van der Waals surface area contributed by atoms with Crippen LogP contribution < -0.4 is 5.32 Å². The first kappa shape index (κ1) is 24.9. The van der Waals surface area contributed by atoms with Crippen LogP contribution in [0.25, 0.3) is 0 Å². The fourth-order valence-corrected chi connectivity index (χ4v) is 5.24. The van der Waals surface area contributed by atoms with Gasteiger partial charge in [-0.05, 0) is 31.6 Å². The Kier molecular flexibility index (Phi) is 10.9. The number of nitrogens with zero attached hydrogens (tertiary/aromatic N) is 3. The van der Waals surface area contributed by atoms with E-state index in [1.807, 2.05) is 0 Å². The number of piperidine rings is 1. The van der Waals surface area contributed by atoms with Gasteiger partial charge in [-0.3, -0.25) is 4.99 Å². The maximum Gasteiger partial charge on any atom is 0.216 e. The van der Waals surface area contributed by atoms with Gasteiger partial charge >= 0.3 is 0 Å². The number of halogens is 1. The van der Waals surface area contributed by atoms with E-state index in [9.17, 15) is 8.42 Å². The molecule has 0 amide bonds. The van der Waals surface area contributed by atoms with Gasteiger partial charge in [-0.1, -0.05) is 20.3 Å². The molecule has 0 aliphatic carbocycles. The molecule has 1 atom stereocenters. The summed E-state index contributed by atoms with van der Waals surface area (Å²) in [6.45, 7) is 11.6. The molecular formula is C18H37IN4O3S. The maximum atomic E-state index is 12.5. The Balaban J connectivity index is 0.00000364. The Morgan fingerprint density at radius 2 is 1.93 bits per heavy atom. The van der Waals surface area contributed by atoms with Gasteiger partial charge in [0.1, 0.15) is 0 Å². The van der Waals surface area contributed by atoms with Crippen LogP contribution in [0.5, 0.6) is 0 Å². The van der Waals surface area contributed by atoms with Crippen molar-refractivity contribution in [3.05, 3.63) is 0 Å². The smallest absolute Gasteiger partial charge is 0.216 e. The highest BCUT2D eigenvalue weighted by molar-refractivity contribution is 14.0. The van der Waals surface area contributed by atoms with Crippen LogP contribution in [0, 0.1) is 5.41 Å². The van der Waals surface area contributed by atoms with Crippen molar-refractivity contribution in [2.45, 2.75) is 46.5 Å². The lowest BCUT2D eigenvalue weighted by Crippen LogP contribution is -2.50. The molecule has 2 heterocycles. The largest absolute Gasteiger partial charge is 0.379 e. The van der Waals surface area contributed by atoms with Gasteiger partial charge in [0.25, 0.3) is 0 Å². The van der Waals surface area contributed by atoms with Gasteiger partial charge in [0.15, 0.2) is 5.96 Å². The Morgan fingerprint density at radius 1 is 1.22 bits per heavy atom. The Morgan fingerprint density at radius 3 is 2.56 bits per heavy atom. The predicted octanol–water partition coefficient (Wildman–Crippen LogP) is 2.13. The van der Waals surface area contributed by atoms with Gasteiger partial charge in [0.05, 0.1) is 25.5 Å². The van der Waals surface area contributed by atoms with Crippen molar-refractivity contribution in [2.24, 2.45) is 10.4 Å². The summed E-state index contributed by atoms with van der Waals surface area (Å²) in [5.74, 6) is 0.911. The predicted molar refractivity (Wildman–Crippen MR) is 121 cm³/mol. The third-order valence-corrected chi connectivity index (χ3v) is 7.09. The summed E-state index contributed by atoms with van der Waals surface area (Å²) in [4.78, 5) is 6.95. The minimum atomic E-state index is -3.26. The summed E-state index contributed by atoms with van der Waals surface area (Å²) in [7, 11) is -3.26. The van der Waals surface area contributed by atoms with Crippen LogP contribution in [0.3, 0.4) is 0 Å². The molecule has 160 valence electrons. The minimum absolute atomic E-state index is 0. The van der Waals surface area contributed by atoms with Crippen LogP contribution in [0.1, 0.15) is 46.5 Å². The first-order valence-electron chi connectivity index (χ1n) is 9.99. The average molecular weight is 516 g/mol. The quantitative estimate of drug-likeness (QED) is 0.319. The van der Waals surface area contributed by atoms with Crippen molar-refractivity contribution in [1.29, 1.82) is 0 Å². The number of nitrogens with one attached hydrogen (secondary N) is 1. The van der Waals surface area contributed by atoms with E-state index in [0.717, 1.165) is 32.0 Å². The highest BCUT2D eigenvalue weighted by Crippen LogP contribution is 2.33. The standard InChI is InChI=1S/C18H36N4O3S.HI/c1-4-7-18(3)8-6-10-21(16-18)17(19-5-2)20-9-15-26(23,24)22-11-13-25-14-12-22;/h4-16H2,1-3H3,(H,19,20);1H. The maximum absolute atomic E-state index is 12.5. The SMILES string of the molecule is CCCC1(C)CCCN(C(=NCCS(=O)(=O)N2CCOCC2)NCC)C1.I. The number of guanidine groups is 1. The molecule has 2 aliphatic heterocycles. The number of ether oxygens (including phenoxy) is 1. The molecule has 1 unspecified atom stereocenters. The Bertz CT molecular complexity index is 563. The van der Waals surface area contributed by atoms with E-state index in [-0.39, 0.29) is 29.7 Å². The van der Waals surface area contributed by atoms with Crippen LogP contribution >= 0.6 is 24.0 Å². The number of sulfonamides is 1. The van der Waals surface area contributed by atoms with E-state index in [0.29, 0.717) is 38.3 Å². The first-order chi connectivity index (χ1) is 12.4. The highest BCUT2D eigenvalue weighted by atomic mass is 127. The molecule has 27 heavy (non-hydrogen) atoms. The van der Waals surface area contributed by atoms with Crippen molar-refractivity contribution in [3.8, 4) is 0 Å². The second-order valence-electron chi connectivity index (χ2n) is 7.65.